The van der Waals surface area contributed by atoms with Crippen LogP contribution in [0.2, 0.25) is 0 Å². The molecule has 1 aliphatic carbocycles. The number of ether oxygens (including phenoxy) is 1. The highest BCUT2D eigenvalue weighted by Crippen LogP contribution is 2.35. The Balaban J connectivity index is 1.34. The molecule has 8 nitrogen and oxygen atoms in total. The molecule has 1 amide bonds. The molecule has 1 fully saturated rings. The fourth-order valence-corrected chi connectivity index (χ4v) is 6.56. The maximum Gasteiger partial charge on any atom is 0.272 e. The number of nitrogens with two attached hydrogens (primary N) is 1. The molecule has 1 unspecified atom stereocenters. The second-order valence-electron chi connectivity index (χ2n) is 9.96. The minimum Gasteiger partial charge on any atom is -0.397 e. The van der Waals surface area contributed by atoms with E-state index in [-0.39, 0.29) is 12.3 Å². The molecule has 3 aromatic rings. The van der Waals surface area contributed by atoms with Crippen LogP contribution in [0.25, 0.3) is 11.6 Å². The molecule has 2 aliphatic rings. The van der Waals surface area contributed by atoms with Crippen LogP contribution in [0.15, 0.2) is 97.4 Å². The van der Waals surface area contributed by atoms with E-state index in [0.717, 1.165) is 37.1 Å². The van der Waals surface area contributed by atoms with Crippen molar-refractivity contribution in [1.82, 2.24) is 8.87 Å². The van der Waals surface area contributed by atoms with Gasteiger partial charge in [-0.05, 0) is 73.0 Å². The summed E-state index contributed by atoms with van der Waals surface area (Å²) in [6.45, 7) is 3.00. The second kappa shape index (κ2) is 12.1. The number of nitrogen functional groups attached to an aromatic ring is 1. The normalized spacial score (nSPS) is 19.6. The monoisotopic (exact) mass is 558 g/mol. The van der Waals surface area contributed by atoms with E-state index in [1.807, 2.05) is 42.5 Å². The number of hydrogen-bond acceptors (Lipinski definition) is 6. The van der Waals surface area contributed by atoms with Crippen molar-refractivity contribution in [2.45, 2.75) is 24.2 Å². The number of benzene rings is 2. The molecule has 1 saturated heterocycles. The molecule has 208 valence electrons. The van der Waals surface area contributed by atoms with Gasteiger partial charge in [-0.15, -0.1) is 0 Å². The predicted molar refractivity (Wildman–Crippen MR) is 160 cm³/mol. The smallest absolute Gasteiger partial charge is 0.272 e. The van der Waals surface area contributed by atoms with Crippen LogP contribution in [0, 0.1) is 0 Å². The topological polar surface area (TPSA) is 107 Å². The predicted octanol–water partition coefficient (Wildman–Crippen LogP) is 4.75. The van der Waals surface area contributed by atoms with E-state index in [1.165, 1.54) is 22.4 Å². The largest absolute Gasteiger partial charge is 0.397 e. The van der Waals surface area contributed by atoms with Gasteiger partial charge in [0, 0.05) is 31.4 Å². The summed E-state index contributed by atoms with van der Waals surface area (Å²) in [4.78, 5) is 13.1. The molecular formula is C31H34N4O4S. The van der Waals surface area contributed by atoms with Gasteiger partial charge >= 0.3 is 0 Å². The molecule has 0 radical (unpaired) electrons. The summed E-state index contributed by atoms with van der Waals surface area (Å²) in [7, 11) is -4.00. The Morgan fingerprint density at radius 3 is 2.52 bits per heavy atom. The average molecular weight is 559 g/mol. The molecule has 1 aliphatic heterocycles. The first kappa shape index (κ1) is 27.6. The Bertz CT molecular complexity index is 1540. The third-order valence-electron chi connectivity index (χ3n) is 7.23. The maximum atomic E-state index is 14.0. The van der Waals surface area contributed by atoms with E-state index < -0.39 is 15.0 Å². The molecule has 1 atom stereocenters. The number of aromatic nitrogens is 1. The number of nitrogens with zero attached hydrogens (tertiary/aromatic N) is 2. The Labute approximate surface area is 235 Å². The van der Waals surface area contributed by atoms with E-state index in [4.69, 9.17) is 10.5 Å². The molecule has 40 heavy (non-hydrogen) atoms. The first-order chi connectivity index (χ1) is 19.4. The number of allylic oxidation sites excluding steroid dienone is 2. The summed E-state index contributed by atoms with van der Waals surface area (Å²) in [5.41, 5.74) is 9.40. The molecule has 0 saturated carbocycles. The van der Waals surface area contributed by atoms with Crippen molar-refractivity contribution in [3.8, 4) is 0 Å². The van der Waals surface area contributed by atoms with E-state index in [2.05, 4.69) is 10.2 Å². The van der Waals surface area contributed by atoms with E-state index in [9.17, 15) is 13.2 Å². The Morgan fingerprint density at radius 2 is 1.80 bits per heavy atom. The van der Waals surface area contributed by atoms with Gasteiger partial charge in [-0.3, -0.25) is 4.79 Å². The maximum absolute atomic E-state index is 14.0. The molecule has 2 aromatic carbocycles. The number of amides is 1. The zero-order valence-electron chi connectivity index (χ0n) is 22.3. The van der Waals surface area contributed by atoms with Gasteiger partial charge in [-0.1, -0.05) is 54.6 Å². The summed E-state index contributed by atoms with van der Waals surface area (Å²) in [5.74, 6) is -0.371. The highest BCUT2D eigenvalue weighted by molar-refractivity contribution is 7.91. The Morgan fingerprint density at radius 1 is 1.05 bits per heavy atom. The van der Waals surface area contributed by atoms with Gasteiger partial charge in [-0.25, -0.2) is 12.4 Å². The third-order valence-corrected chi connectivity index (χ3v) is 9.31. The van der Waals surface area contributed by atoms with E-state index in [0.29, 0.717) is 30.1 Å². The number of anilines is 2. The van der Waals surface area contributed by atoms with Crippen molar-refractivity contribution in [1.29, 1.82) is 0 Å². The van der Waals surface area contributed by atoms with Crippen LogP contribution >= 0.6 is 0 Å². The van der Waals surface area contributed by atoms with Gasteiger partial charge in [-0.2, -0.15) is 0 Å². The summed E-state index contributed by atoms with van der Waals surface area (Å²) in [6, 6.07) is 18.5. The van der Waals surface area contributed by atoms with Crippen LogP contribution in [0.1, 0.15) is 30.4 Å². The van der Waals surface area contributed by atoms with Crippen LogP contribution in [0.5, 0.6) is 0 Å². The molecular weight excluding hydrogens is 524 g/mol. The first-order valence-electron chi connectivity index (χ1n) is 13.4. The lowest BCUT2D eigenvalue weighted by molar-refractivity contribution is -0.111. The standard InChI is InChI=1S/C31H34N4O4S/c32-28-10-4-5-11-29(28)33-30(36)13-12-25-16-21-35(24-25)40(37,38)31(39-23-22-34-19-6-7-20-34)17-14-27(15-18-31)26-8-2-1-3-9-26/h1-5,8-17,21,24H,6-7,18-20,22-23,32H2,(H,33,36). The van der Waals surface area contributed by atoms with Crippen molar-refractivity contribution < 1.29 is 17.9 Å². The SMILES string of the molecule is Nc1ccccc1NC(=O)C=Cc1ccn(S(=O)(=O)C2(OCCN3CCCC3)C=CC(c3ccccc3)=CC2)c1. The Hall–Kier alpha value is -3.92. The summed E-state index contributed by atoms with van der Waals surface area (Å²) < 4.78 is 35.5. The number of nitrogens with one attached hydrogen (secondary N) is 1. The van der Waals surface area contributed by atoms with Crippen molar-refractivity contribution in [2.75, 3.05) is 37.3 Å². The highest BCUT2D eigenvalue weighted by atomic mass is 32.2. The van der Waals surface area contributed by atoms with Crippen LogP contribution in [-0.4, -0.2) is 54.4 Å². The molecule has 1 aromatic heterocycles. The number of rotatable bonds is 10. The van der Waals surface area contributed by atoms with Gasteiger partial charge in [0.05, 0.1) is 18.0 Å². The van der Waals surface area contributed by atoms with Crippen LogP contribution in [-0.2, 0) is 19.6 Å². The molecule has 5 rings (SSSR count). The fourth-order valence-electron chi connectivity index (χ4n) is 4.95. The minimum atomic E-state index is -4.00. The lowest BCUT2D eigenvalue weighted by atomic mass is 9.98. The van der Waals surface area contributed by atoms with Gasteiger partial charge in [0.25, 0.3) is 10.0 Å². The fraction of sp³-hybridized carbons (Fsp3) is 0.258. The van der Waals surface area contributed by atoms with Gasteiger partial charge in [0.1, 0.15) is 0 Å². The number of carbonyl (C=O) groups excluding carboxylic acids is 1. The van der Waals surface area contributed by atoms with Crippen LogP contribution in [0.3, 0.4) is 0 Å². The minimum absolute atomic E-state index is 0.181. The van der Waals surface area contributed by atoms with E-state index >= 15 is 0 Å². The number of likely N-dealkylation sites (tertiary alicyclic amines) is 1. The lowest BCUT2D eigenvalue weighted by Gasteiger charge is -2.33. The molecule has 2 heterocycles. The number of carbonyl (C=O) groups is 1. The summed E-state index contributed by atoms with van der Waals surface area (Å²) in [5, 5.41) is 2.72. The highest BCUT2D eigenvalue weighted by Gasteiger charge is 2.44. The molecule has 0 spiro atoms. The van der Waals surface area contributed by atoms with Crippen molar-refractivity contribution in [2.24, 2.45) is 0 Å². The summed E-state index contributed by atoms with van der Waals surface area (Å²) >= 11 is 0. The van der Waals surface area contributed by atoms with Crippen molar-refractivity contribution >= 4 is 39.0 Å². The quantitative estimate of drug-likeness (QED) is 0.275. The Kier molecular flexibility index (Phi) is 8.35. The first-order valence-corrected chi connectivity index (χ1v) is 14.9. The zero-order valence-corrected chi connectivity index (χ0v) is 23.1. The van der Waals surface area contributed by atoms with Gasteiger partial charge in [0.15, 0.2) is 0 Å². The third kappa shape index (κ3) is 6.12. The second-order valence-corrected chi connectivity index (χ2v) is 12.0. The molecule has 3 N–H and O–H groups in total. The van der Waals surface area contributed by atoms with Crippen molar-refractivity contribution in [3.05, 3.63) is 108 Å². The van der Waals surface area contributed by atoms with Crippen LogP contribution < -0.4 is 11.1 Å². The molecule has 9 heteroatoms. The van der Waals surface area contributed by atoms with Gasteiger partial charge < -0.3 is 20.7 Å². The number of hydrogen-bond donors (Lipinski definition) is 2. The summed E-state index contributed by atoms with van der Waals surface area (Å²) in [6.07, 6.45) is 13.8. The zero-order chi connectivity index (χ0) is 28.0. The van der Waals surface area contributed by atoms with Gasteiger partial charge in [0.2, 0.25) is 10.8 Å². The van der Waals surface area contributed by atoms with Crippen molar-refractivity contribution in [3.63, 3.8) is 0 Å². The lowest BCUT2D eigenvalue weighted by Crippen LogP contribution is -2.44. The average Bonchev–Trinajstić information content (AvgIpc) is 3.67. The molecule has 0 bridgehead atoms. The van der Waals surface area contributed by atoms with Crippen LogP contribution in [0.4, 0.5) is 11.4 Å². The van der Waals surface area contributed by atoms with E-state index in [1.54, 1.807) is 42.5 Å². The number of para-hydroxylation sites is 2.